The van der Waals surface area contributed by atoms with Crippen molar-refractivity contribution in [1.29, 1.82) is 0 Å². The van der Waals surface area contributed by atoms with Crippen LogP contribution in [0.3, 0.4) is 0 Å². The van der Waals surface area contributed by atoms with Crippen LogP contribution in [0.1, 0.15) is 40.0 Å². The smallest absolute Gasteiger partial charge is 0.410 e. The van der Waals surface area contributed by atoms with E-state index in [0.29, 0.717) is 19.4 Å². The molecule has 0 saturated carbocycles. The van der Waals surface area contributed by atoms with E-state index >= 15 is 0 Å². The Balaban J connectivity index is 2.69. The van der Waals surface area contributed by atoms with Crippen LogP contribution >= 0.6 is 0 Å². The van der Waals surface area contributed by atoms with Crippen molar-refractivity contribution in [3.63, 3.8) is 0 Å². The summed E-state index contributed by atoms with van der Waals surface area (Å²) >= 11 is 0. The van der Waals surface area contributed by atoms with Crippen LogP contribution in [0.25, 0.3) is 0 Å². The first-order valence-corrected chi connectivity index (χ1v) is 7.08. The lowest BCUT2D eigenvalue weighted by Gasteiger charge is -2.37. The number of hydrogen-bond acceptors (Lipinski definition) is 3. The number of piperidine rings is 1. The normalized spacial score (nSPS) is 21.2. The summed E-state index contributed by atoms with van der Waals surface area (Å²) < 4.78 is 31.3. The zero-order chi connectivity index (χ0) is 16.2. The molecule has 0 aromatic heterocycles. The molecular formula is C14H23F2NO4. The van der Waals surface area contributed by atoms with Crippen molar-refractivity contribution in [2.24, 2.45) is 11.8 Å². The number of alkyl halides is 2. The highest BCUT2D eigenvalue weighted by molar-refractivity contribution is 5.68. The van der Waals surface area contributed by atoms with Gasteiger partial charge in [0.1, 0.15) is 5.60 Å². The zero-order valence-electron chi connectivity index (χ0n) is 12.6. The third-order valence-electron chi connectivity index (χ3n) is 3.45. The monoisotopic (exact) mass is 307 g/mol. The fourth-order valence-electron chi connectivity index (χ4n) is 2.51. The second-order valence-corrected chi connectivity index (χ2v) is 6.42. The minimum Gasteiger partial charge on any atom is -0.481 e. The number of carbonyl (C=O) groups excluding carboxylic acids is 1. The molecule has 1 heterocycles. The van der Waals surface area contributed by atoms with Gasteiger partial charge in [0.25, 0.3) is 0 Å². The van der Waals surface area contributed by atoms with Crippen molar-refractivity contribution in [2.45, 2.75) is 52.1 Å². The lowest BCUT2D eigenvalue weighted by Crippen LogP contribution is -2.45. The van der Waals surface area contributed by atoms with Gasteiger partial charge in [-0.25, -0.2) is 13.6 Å². The molecule has 0 radical (unpaired) electrons. The van der Waals surface area contributed by atoms with Gasteiger partial charge in [0.2, 0.25) is 6.43 Å². The van der Waals surface area contributed by atoms with Gasteiger partial charge in [-0.1, -0.05) is 0 Å². The number of halogens is 2. The fourth-order valence-corrected chi connectivity index (χ4v) is 2.51. The predicted octanol–water partition coefficient (Wildman–Crippen LogP) is 2.99. The van der Waals surface area contributed by atoms with Crippen LogP contribution in [-0.2, 0) is 9.53 Å². The Hall–Kier alpha value is -1.40. The maximum Gasteiger partial charge on any atom is 0.410 e. The van der Waals surface area contributed by atoms with Crippen LogP contribution in [0.4, 0.5) is 13.6 Å². The number of rotatable bonds is 4. The Morgan fingerprint density at radius 1 is 1.38 bits per heavy atom. The molecule has 1 aliphatic heterocycles. The molecule has 0 spiro atoms. The third-order valence-corrected chi connectivity index (χ3v) is 3.45. The lowest BCUT2D eigenvalue weighted by molar-refractivity contribution is -0.140. The second-order valence-electron chi connectivity index (χ2n) is 6.42. The molecule has 5 nitrogen and oxygen atoms in total. The van der Waals surface area contributed by atoms with Gasteiger partial charge in [-0.05, 0) is 39.5 Å². The zero-order valence-corrected chi connectivity index (χ0v) is 12.6. The number of ether oxygens (including phenoxy) is 1. The Labute approximate surface area is 123 Å². The van der Waals surface area contributed by atoms with E-state index in [1.807, 2.05) is 0 Å². The minimum absolute atomic E-state index is 0.122. The van der Waals surface area contributed by atoms with E-state index in [2.05, 4.69) is 0 Å². The van der Waals surface area contributed by atoms with Gasteiger partial charge in [-0.15, -0.1) is 0 Å². The molecule has 0 bridgehead atoms. The summed E-state index contributed by atoms with van der Waals surface area (Å²) in [6.07, 6.45) is -2.74. The first kappa shape index (κ1) is 17.7. The number of likely N-dealkylation sites (tertiary alicyclic amines) is 1. The maximum absolute atomic E-state index is 13.0. The summed E-state index contributed by atoms with van der Waals surface area (Å²) in [6.45, 7) is 5.78. The van der Waals surface area contributed by atoms with Gasteiger partial charge in [0.05, 0.1) is 6.42 Å². The molecule has 2 atom stereocenters. The molecule has 0 aliphatic carbocycles. The van der Waals surface area contributed by atoms with E-state index < -0.39 is 42.3 Å². The van der Waals surface area contributed by atoms with Crippen molar-refractivity contribution >= 4 is 12.1 Å². The van der Waals surface area contributed by atoms with E-state index in [1.54, 1.807) is 20.8 Å². The molecule has 7 heteroatoms. The van der Waals surface area contributed by atoms with Crippen LogP contribution < -0.4 is 0 Å². The minimum atomic E-state index is -2.70. The van der Waals surface area contributed by atoms with Crippen molar-refractivity contribution in [3.8, 4) is 0 Å². The number of nitrogens with zero attached hydrogens (tertiary/aromatic N) is 1. The van der Waals surface area contributed by atoms with Crippen molar-refractivity contribution in [1.82, 2.24) is 4.90 Å². The Morgan fingerprint density at radius 2 is 2.00 bits per heavy atom. The van der Waals surface area contributed by atoms with Gasteiger partial charge in [0, 0.05) is 19.0 Å². The van der Waals surface area contributed by atoms with E-state index in [-0.39, 0.29) is 6.54 Å². The SMILES string of the molecule is CC(C)(C)OC(=O)N1CCCC(C(CC(=O)O)C(F)F)C1. The second kappa shape index (κ2) is 7.04. The maximum atomic E-state index is 13.0. The van der Waals surface area contributed by atoms with E-state index in [4.69, 9.17) is 9.84 Å². The topological polar surface area (TPSA) is 66.8 Å². The quantitative estimate of drug-likeness (QED) is 0.867. The number of carboxylic acid groups (broad SMARTS) is 1. The average Bonchev–Trinajstić information content (AvgIpc) is 2.33. The number of hydrogen-bond donors (Lipinski definition) is 1. The van der Waals surface area contributed by atoms with Crippen LogP contribution in [0.2, 0.25) is 0 Å². The summed E-state index contributed by atoms with van der Waals surface area (Å²) in [6, 6.07) is 0. The average molecular weight is 307 g/mol. The largest absolute Gasteiger partial charge is 0.481 e. The molecule has 1 amide bonds. The highest BCUT2D eigenvalue weighted by Gasteiger charge is 2.36. The summed E-state index contributed by atoms with van der Waals surface area (Å²) in [4.78, 5) is 24.1. The van der Waals surface area contributed by atoms with Crippen molar-refractivity contribution in [3.05, 3.63) is 0 Å². The van der Waals surface area contributed by atoms with Gasteiger partial charge in [0.15, 0.2) is 0 Å². The summed E-state index contributed by atoms with van der Waals surface area (Å²) in [5, 5.41) is 8.75. The molecule has 1 rings (SSSR count). The van der Waals surface area contributed by atoms with Gasteiger partial charge >= 0.3 is 12.1 Å². The molecule has 122 valence electrons. The van der Waals surface area contributed by atoms with Crippen LogP contribution in [0.5, 0.6) is 0 Å². The van der Waals surface area contributed by atoms with Gasteiger partial charge < -0.3 is 14.7 Å². The van der Waals surface area contributed by atoms with E-state index in [0.717, 1.165) is 0 Å². The molecular weight excluding hydrogens is 284 g/mol. The molecule has 0 aromatic carbocycles. The molecule has 2 unspecified atom stereocenters. The Morgan fingerprint density at radius 3 is 2.48 bits per heavy atom. The molecule has 1 N–H and O–H groups in total. The third kappa shape index (κ3) is 5.85. The van der Waals surface area contributed by atoms with E-state index in [9.17, 15) is 18.4 Å². The standard InChI is InChI=1S/C14H23F2NO4/c1-14(2,3)21-13(20)17-6-4-5-9(8-17)10(12(15)16)7-11(18)19/h9-10,12H,4-8H2,1-3H3,(H,18,19). The first-order chi connectivity index (χ1) is 9.60. The number of carboxylic acids is 1. The first-order valence-electron chi connectivity index (χ1n) is 7.08. The molecule has 1 saturated heterocycles. The summed E-state index contributed by atoms with van der Waals surface area (Å²) in [5.41, 5.74) is -0.646. The van der Waals surface area contributed by atoms with Gasteiger partial charge in [-0.3, -0.25) is 4.79 Å². The number of aliphatic carboxylic acids is 1. The van der Waals surface area contributed by atoms with Crippen LogP contribution in [0, 0.1) is 11.8 Å². The Bertz CT molecular complexity index is 382. The van der Waals surface area contributed by atoms with E-state index in [1.165, 1.54) is 4.90 Å². The molecule has 1 aliphatic rings. The summed E-state index contributed by atoms with van der Waals surface area (Å²) in [5.74, 6) is -2.98. The number of amides is 1. The summed E-state index contributed by atoms with van der Waals surface area (Å²) in [7, 11) is 0. The predicted molar refractivity (Wildman–Crippen MR) is 72.3 cm³/mol. The van der Waals surface area contributed by atoms with Crippen LogP contribution in [0.15, 0.2) is 0 Å². The molecule has 0 aromatic rings. The lowest BCUT2D eigenvalue weighted by atomic mass is 9.83. The highest BCUT2D eigenvalue weighted by Crippen LogP contribution is 2.31. The van der Waals surface area contributed by atoms with Crippen molar-refractivity contribution < 1.29 is 28.2 Å². The Kier molecular flexibility index (Phi) is 5.92. The van der Waals surface area contributed by atoms with Gasteiger partial charge in [-0.2, -0.15) is 0 Å². The molecule has 21 heavy (non-hydrogen) atoms. The fraction of sp³-hybridized carbons (Fsp3) is 0.857. The number of carbonyl (C=O) groups is 2. The highest BCUT2D eigenvalue weighted by atomic mass is 19.3. The van der Waals surface area contributed by atoms with Crippen molar-refractivity contribution in [2.75, 3.05) is 13.1 Å². The van der Waals surface area contributed by atoms with Crippen LogP contribution in [-0.4, -0.2) is 47.2 Å². The molecule has 1 fully saturated rings.